The van der Waals surface area contributed by atoms with Crippen LogP contribution in [-0.4, -0.2) is 23.3 Å². The summed E-state index contributed by atoms with van der Waals surface area (Å²) in [6.45, 7) is 7.61. The van der Waals surface area contributed by atoms with Gasteiger partial charge in [0.1, 0.15) is 18.2 Å². The second kappa shape index (κ2) is 10.7. The van der Waals surface area contributed by atoms with Gasteiger partial charge in [-0.2, -0.15) is 0 Å². The maximum atomic E-state index is 6.09. The Bertz CT molecular complexity index is 1230. The van der Waals surface area contributed by atoms with Crippen molar-refractivity contribution < 1.29 is 14.2 Å². The van der Waals surface area contributed by atoms with E-state index in [0.717, 1.165) is 64.6 Å². The molecule has 170 valence electrons. The normalized spacial score (nSPS) is 10.8. The van der Waals surface area contributed by atoms with Crippen molar-refractivity contribution in [2.45, 2.75) is 32.9 Å². The minimum Gasteiger partial charge on any atom is -0.493 e. The highest BCUT2D eigenvalue weighted by Gasteiger charge is 2.12. The van der Waals surface area contributed by atoms with Gasteiger partial charge in [-0.15, -0.1) is 6.58 Å². The molecule has 0 amide bonds. The van der Waals surface area contributed by atoms with Crippen molar-refractivity contribution in [1.82, 2.24) is 9.55 Å². The Morgan fingerprint density at radius 2 is 1.76 bits per heavy atom. The van der Waals surface area contributed by atoms with Gasteiger partial charge in [-0.3, -0.25) is 0 Å². The van der Waals surface area contributed by atoms with Gasteiger partial charge in [0.2, 0.25) is 0 Å². The van der Waals surface area contributed by atoms with Gasteiger partial charge in [-0.25, -0.2) is 4.98 Å². The lowest BCUT2D eigenvalue weighted by molar-refractivity contribution is 0.272. The second-order valence-corrected chi connectivity index (χ2v) is 7.90. The topological polar surface area (TPSA) is 45.5 Å². The minimum atomic E-state index is 0.416. The van der Waals surface area contributed by atoms with E-state index in [9.17, 15) is 0 Å². The highest BCUT2D eigenvalue weighted by Crippen LogP contribution is 2.28. The molecule has 0 aliphatic carbocycles. The van der Waals surface area contributed by atoms with Crippen LogP contribution in [0.4, 0.5) is 0 Å². The summed E-state index contributed by atoms with van der Waals surface area (Å²) in [5, 5.41) is 0. The lowest BCUT2D eigenvalue weighted by Crippen LogP contribution is -2.10. The molecule has 0 aliphatic heterocycles. The van der Waals surface area contributed by atoms with Crippen LogP contribution >= 0.6 is 0 Å². The van der Waals surface area contributed by atoms with Gasteiger partial charge >= 0.3 is 0 Å². The number of methoxy groups -OCH3 is 1. The van der Waals surface area contributed by atoms with Crippen molar-refractivity contribution in [2.75, 3.05) is 13.7 Å². The maximum Gasteiger partial charge on any atom is 0.161 e. The first-order valence-corrected chi connectivity index (χ1v) is 11.2. The van der Waals surface area contributed by atoms with Gasteiger partial charge in [0.15, 0.2) is 11.5 Å². The third-order valence-electron chi connectivity index (χ3n) is 5.58. The number of nitrogens with zero attached hydrogens (tertiary/aromatic N) is 2. The molecule has 33 heavy (non-hydrogen) atoms. The number of imidazole rings is 1. The number of hydrogen-bond donors (Lipinski definition) is 0. The Morgan fingerprint density at radius 3 is 2.58 bits per heavy atom. The predicted molar refractivity (Wildman–Crippen MR) is 132 cm³/mol. The molecular weight excluding hydrogens is 412 g/mol. The Labute approximate surface area is 195 Å². The van der Waals surface area contributed by atoms with Crippen molar-refractivity contribution in [2.24, 2.45) is 0 Å². The second-order valence-electron chi connectivity index (χ2n) is 7.90. The highest BCUT2D eigenvalue weighted by atomic mass is 16.5. The number of allylic oxidation sites excluding steroid dienone is 1. The van der Waals surface area contributed by atoms with Crippen molar-refractivity contribution in [1.29, 1.82) is 0 Å². The molecule has 0 atom stereocenters. The summed E-state index contributed by atoms with van der Waals surface area (Å²) in [6.07, 6.45) is 3.51. The molecule has 0 bridgehead atoms. The molecule has 1 aromatic heterocycles. The average Bonchev–Trinajstić information content (AvgIpc) is 3.19. The Balaban J connectivity index is 1.43. The average molecular weight is 443 g/mol. The van der Waals surface area contributed by atoms with E-state index in [4.69, 9.17) is 19.2 Å². The van der Waals surface area contributed by atoms with E-state index < -0.39 is 0 Å². The number of benzene rings is 3. The number of aryl methyl sites for hydroxylation is 2. The molecule has 0 unspecified atom stereocenters. The summed E-state index contributed by atoms with van der Waals surface area (Å²) in [6, 6.07) is 22.2. The number of fused-ring (bicyclic) bond motifs is 1. The molecule has 0 spiro atoms. The highest BCUT2D eigenvalue weighted by molar-refractivity contribution is 5.75. The predicted octanol–water partition coefficient (Wildman–Crippen LogP) is 6.13. The fourth-order valence-corrected chi connectivity index (χ4v) is 3.88. The van der Waals surface area contributed by atoms with Crippen LogP contribution in [0.3, 0.4) is 0 Å². The Hall–Kier alpha value is -3.73. The zero-order valence-electron chi connectivity index (χ0n) is 19.3. The zero-order chi connectivity index (χ0) is 23.0. The quantitative estimate of drug-likeness (QED) is 0.207. The lowest BCUT2D eigenvalue weighted by Gasteiger charge is -2.14. The van der Waals surface area contributed by atoms with Crippen LogP contribution in [0.1, 0.15) is 23.4 Å². The smallest absolute Gasteiger partial charge is 0.161 e. The van der Waals surface area contributed by atoms with E-state index in [1.807, 2.05) is 73.7 Å². The summed E-state index contributed by atoms with van der Waals surface area (Å²) >= 11 is 0. The van der Waals surface area contributed by atoms with Gasteiger partial charge in [0.05, 0.1) is 24.8 Å². The van der Waals surface area contributed by atoms with Crippen LogP contribution in [0, 0.1) is 6.92 Å². The molecule has 0 saturated carbocycles. The molecule has 5 heteroatoms. The van der Waals surface area contributed by atoms with Crippen molar-refractivity contribution in [3.63, 3.8) is 0 Å². The number of hydrogen-bond acceptors (Lipinski definition) is 4. The molecule has 0 aliphatic rings. The lowest BCUT2D eigenvalue weighted by atomic mass is 10.1. The van der Waals surface area contributed by atoms with Gasteiger partial charge in [-0.05, 0) is 61.2 Å². The van der Waals surface area contributed by atoms with Crippen LogP contribution in [0.2, 0.25) is 0 Å². The van der Waals surface area contributed by atoms with Gasteiger partial charge in [0, 0.05) is 6.54 Å². The molecule has 4 aromatic rings. The number of para-hydroxylation sites is 3. The summed E-state index contributed by atoms with van der Waals surface area (Å²) in [4.78, 5) is 4.82. The van der Waals surface area contributed by atoms with Crippen LogP contribution < -0.4 is 14.2 Å². The largest absolute Gasteiger partial charge is 0.493 e. The molecule has 0 radical (unpaired) electrons. The summed E-state index contributed by atoms with van der Waals surface area (Å²) in [5.74, 6) is 3.29. The van der Waals surface area contributed by atoms with E-state index in [1.54, 1.807) is 7.11 Å². The van der Waals surface area contributed by atoms with E-state index in [-0.39, 0.29) is 0 Å². The van der Waals surface area contributed by atoms with E-state index in [0.29, 0.717) is 13.2 Å². The zero-order valence-corrected chi connectivity index (χ0v) is 19.3. The van der Waals surface area contributed by atoms with Crippen LogP contribution in [-0.2, 0) is 19.6 Å². The van der Waals surface area contributed by atoms with Gasteiger partial charge in [-0.1, -0.05) is 42.5 Å². The molecule has 0 fully saturated rings. The van der Waals surface area contributed by atoms with E-state index in [2.05, 4.69) is 17.2 Å². The van der Waals surface area contributed by atoms with Crippen molar-refractivity contribution in [3.8, 4) is 17.2 Å². The molecule has 3 aromatic carbocycles. The summed E-state index contributed by atoms with van der Waals surface area (Å²) in [7, 11) is 1.66. The van der Waals surface area contributed by atoms with Crippen LogP contribution in [0.15, 0.2) is 79.4 Å². The van der Waals surface area contributed by atoms with Crippen molar-refractivity contribution in [3.05, 3.63) is 96.3 Å². The Morgan fingerprint density at radius 1 is 0.939 bits per heavy atom. The molecule has 0 saturated heterocycles. The first kappa shape index (κ1) is 22.5. The van der Waals surface area contributed by atoms with Gasteiger partial charge in [0.25, 0.3) is 0 Å². The van der Waals surface area contributed by atoms with Crippen molar-refractivity contribution >= 4 is 11.0 Å². The molecule has 0 N–H and O–H groups in total. The molecule has 5 nitrogen and oxygen atoms in total. The number of aromatic nitrogens is 2. The van der Waals surface area contributed by atoms with E-state index >= 15 is 0 Å². The van der Waals surface area contributed by atoms with Crippen LogP contribution in [0.25, 0.3) is 11.0 Å². The van der Waals surface area contributed by atoms with Crippen LogP contribution in [0.5, 0.6) is 17.2 Å². The first-order chi connectivity index (χ1) is 16.2. The SMILES string of the molecule is C=CCc1ccc(OCCCn2c(COc3ccccc3C)nc3ccccc32)c(OC)c1. The molecular formula is C28H30N2O3. The Kier molecular flexibility index (Phi) is 7.30. The van der Waals surface area contributed by atoms with E-state index in [1.165, 1.54) is 0 Å². The number of rotatable bonds is 11. The monoisotopic (exact) mass is 442 g/mol. The third-order valence-corrected chi connectivity index (χ3v) is 5.58. The third kappa shape index (κ3) is 5.37. The minimum absolute atomic E-state index is 0.416. The first-order valence-electron chi connectivity index (χ1n) is 11.2. The summed E-state index contributed by atoms with van der Waals surface area (Å²) in [5.41, 5.74) is 4.34. The molecule has 1 heterocycles. The fourth-order valence-electron chi connectivity index (χ4n) is 3.88. The van der Waals surface area contributed by atoms with Gasteiger partial charge < -0.3 is 18.8 Å². The summed E-state index contributed by atoms with van der Waals surface area (Å²) < 4.78 is 19.9. The maximum absolute atomic E-state index is 6.09. The fraction of sp³-hybridized carbons (Fsp3) is 0.250. The molecule has 4 rings (SSSR count). The number of ether oxygens (including phenoxy) is 3. The standard InChI is InChI=1S/C28H30N2O3/c1-4-10-22-15-16-26(27(19-22)31-3)32-18-9-17-30-24-13-7-6-12-23(24)29-28(30)20-33-25-14-8-5-11-21(25)2/h4-8,11-16,19H,1,9-10,17-18,20H2,2-3H3.